The summed E-state index contributed by atoms with van der Waals surface area (Å²) in [7, 11) is 0. The maximum Gasteiger partial charge on any atom is 0.228 e. The number of nitrogens with zero attached hydrogens (tertiary/aromatic N) is 2. The number of Topliss-reactive ketones (excluding diaryl/α,β-unsaturated/α-hetero) is 1. The van der Waals surface area contributed by atoms with E-state index in [0.29, 0.717) is 11.3 Å². The molecule has 32 heavy (non-hydrogen) atoms. The van der Waals surface area contributed by atoms with Crippen molar-refractivity contribution in [2.45, 2.75) is 46.0 Å². The van der Waals surface area contributed by atoms with Gasteiger partial charge >= 0.3 is 0 Å². The van der Waals surface area contributed by atoms with E-state index in [0.717, 1.165) is 0 Å². The number of hydrogen-bond donors (Lipinski definition) is 3. The lowest BCUT2D eigenvalue weighted by atomic mass is 9.85. The van der Waals surface area contributed by atoms with E-state index in [2.05, 4.69) is 22.0 Å². The van der Waals surface area contributed by atoms with Crippen LogP contribution in [0.3, 0.4) is 0 Å². The number of benzene rings is 1. The van der Waals surface area contributed by atoms with Crippen LogP contribution >= 0.6 is 0 Å². The molecule has 1 atom stereocenters. The summed E-state index contributed by atoms with van der Waals surface area (Å²) in [5, 5.41) is 22.4. The SMILES string of the molecule is C=NCC(C)(CO)CC(=O)c1cc(NC(=O)Cc2cc(O)c(C(C)(C)C)cc2F)ccn1. The third-order valence-corrected chi connectivity index (χ3v) is 5.12. The van der Waals surface area contributed by atoms with Gasteiger partial charge in [-0.1, -0.05) is 27.7 Å². The lowest BCUT2D eigenvalue weighted by Crippen LogP contribution is -2.28. The monoisotopic (exact) mass is 443 g/mol. The summed E-state index contributed by atoms with van der Waals surface area (Å²) < 4.78 is 14.5. The van der Waals surface area contributed by atoms with Crippen LogP contribution in [0.2, 0.25) is 0 Å². The van der Waals surface area contributed by atoms with E-state index in [4.69, 9.17) is 0 Å². The number of phenolic OH excluding ortho intramolecular Hbond substituents is 1. The van der Waals surface area contributed by atoms with Gasteiger partial charge in [-0.25, -0.2) is 4.39 Å². The maximum atomic E-state index is 14.5. The summed E-state index contributed by atoms with van der Waals surface area (Å²) in [5.74, 6) is -1.46. The van der Waals surface area contributed by atoms with Crippen LogP contribution in [0.4, 0.5) is 10.1 Å². The predicted molar refractivity (Wildman–Crippen MR) is 122 cm³/mol. The molecule has 0 saturated carbocycles. The Kier molecular flexibility index (Phi) is 7.85. The molecule has 0 aliphatic carbocycles. The second-order valence-electron chi connectivity index (χ2n) is 9.32. The molecular weight excluding hydrogens is 413 g/mol. The Morgan fingerprint density at radius 2 is 1.91 bits per heavy atom. The first-order chi connectivity index (χ1) is 14.9. The van der Waals surface area contributed by atoms with Gasteiger partial charge in [-0.3, -0.25) is 14.6 Å². The van der Waals surface area contributed by atoms with Gasteiger partial charge in [-0.2, -0.15) is 0 Å². The van der Waals surface area contributed by atoms with Crippen LogP contribution in [0.1, 0.15) is 55.7 Å². The summed E-state index contributed by atoms with van der Waals surface area (Å²) in [6, 6.07) is 5.45. The van der Waals surface area contributed by atoms with Gasteiger partial charge in [-0.05, 0) is 36.4 Å². The number of aliphatic hydroxyl groups is 1. The molecule has 1 unspecified atom stereocenters. The van der Waals surface area contributed by atoms with Gasteiger partial charge in [0.15, 0.2) is 5.78 Å². The van der Waals surface area contributed by atoms with Crippen molar-refractivity contribution in [3.05, 3.63) is 53.1 Å². The van der Waals surface area contributed by atoms with Crippen LogP contribution < -0.4 is 5.32 Å². The van der Waals surface area contributed by atoms with Crippen LogP contribution in [-0.4, -0.2) is 46.8 Å². The minimum absolute atomic E-state index is 0.0114. The molecule has 0 aliphatic rings. The zero-order chi connectivity index (χ0) is 24.1. The molecule has 1 aromatic carbocycles. The highest BCUT2D eigenvalue weighted by molar-refractivity contribution is 5.97. The number of anilines is 1. The molecule has 0 bridgehead atoms. The number of aromatic hydroxyl groups is 1. The molecule has 2 aromatic rings. The van der Waals surface area contributed by atoms with Crippen molar-refractivity contribution in [1.82, 2.24) is 4.98 Å². The quantitative estimate of drug-likeness (QED) is 0.404. The largest absolute Gasteiger partial charge is 0.508 e. The Balaban J connectivity index is 2.13. The summed E-state index contributed by atoms with van der Waals surface area (Å²) in [5.41, 5.74) is -0.216. The molecule has 2 rings (SSSR count). The lowest BCUT2D eigenvalue weighted by Gasteiger charge is -2.23. The zero-order valence-corrected chi connectivity index (χ0v) is 18.9. The number of phenols is 1. The van der Waals surface area contributed by atoms with Gasteiger partial charge in [0.05, 0.1) is 13.0 Å². The van der Waals surface area contributed by atoms with E-state index in [9.17, 15) is 24.2 Å². The van der Waals surface area contributed by atoms with Crippen molar-refractivity contribution in [3.63, 3.8) is 0 Å². The average molecular weight is 444 g/mol. The van der Waals surface area contributed by atoms with E-state index in [1.165, 1.54) is 30.5 Å². The highest BCUT2D eigenvalue weighted by Gasteiger charge is 2.28. The summed E-state index contributed by atoms with van der Waals surface area (Å²) >= 11 is 0. The van der Waals surface area contributed by atoms with E-state index in [1.807, 2.05) is 20.8 Å². The number of halogens is 1. The molecule has 1 aromatic heterocycles. The number of aromatic nitrogens is 1. The number of pyridine rings is 1. The lowest BCUT2D eigenvalue weighted by molar-refractivity contribution is -0.115. The number of hydrogen-bond acceptors (Lipinski definition) is 6. The van der Waals surface area contributed by atoms with Crippen LogP contribution in [0.15, 0.2) is 35.5 Å². The molecule has 7 nitrogen and oxygen atoms in total. The number of aliphatic imine (C=N–C) groups is 1. The molecule has 0 saturated heterocycles. The first-order valence-electron chi connectivity index (χ1n) is 10.2. The fraction of sp³-hybridized carbons (Fsp3) is 0.417. The molecule has 1 amide bonds. The molecule has 0 radical (unpaired) electrons. The molecule has 0 fully saturated rings. The Hall–Kier alpha value is -3.13. The maximum absolute atomic E-state index is 14.5. The average Bonchev–Trinajstić information content (AvgIpc) is 2.70. The Morgan fingerprint density at radius 3 is 2.50 bits per heavy atom. The normalized spacial score (nSPS) is 13.3. The van der Waals surface area contributed by atoms with Crippen molar-refractivity contribution in [2.75, 3.05) is 18.5 Å². The van der Waals surface area contributed by atoms with Crippen molar-refractivity contribution < 1.29 is 24.2 Å². The van der Waals surface area contributed by atoms with Gasteiger partial charge in [0, 0.05) is 41.4 Å². The molecule has 3 N–H and O–H groups in total. The number of rotatable bonds is 9. The summed E-state index contributed by atoms with van der Waals surface area (Å²) in [4.78, 5) is 32.9. The van der Waals surface area contributed by atoms with E-state index >= 15 is 0 Å². The number of nitrogens with one attached hydrogen (secondary N) is 1. The van der Waals surface area contributed by atoms with Gasteiger partial charge in [-0.15, -0.1) is 0 Å². The van der Waals surface area contributed by atoms with Gasteiger partial charge in [0.1, 0.15) is 17.3 Å². The zero-order valence-electron chi connectivity index (χ0n) is 18.9. The van der Waals surface area contributed by atoms with Crippen LogP contribution in [0.25, 0.3) is 0 Å². The van der Waals surface area contributed by atoms with Gasteiger partial charge < -0.3 is 20.5 Å². The van der Waals surface area contributed by atoms with Gasteiger partial charge in [0.2, 0.25) is 5.91 Å². The van der Waals surface area contributed by atoms with E-state index < -0.39 is 22.6 Å². The van der Waals surface area contributed by atoms with E-state index in [1.54, 1.807) is 6.92 Å². The Bertz CT molecular complexity index is 1020. The third kappa shape index (κ3) is 6.43. The molecule has 1 heterocycles. The number of carbonyl (C=O) groups is 2. The highest BCUT2D eigenvalue weighted by atomic mass is 19.1. The number of carbonyl (C=O) groups excluding carboxylic acids is 2. The minimum Gasteiger partial charge on any atom is -0.508 e. The molecular formula is C24H30FN3O4. The van der Waals surface area contributed by atoms with Gasteiger partial charge in [0.25, 0.3) is 0 Å². The van der Waals surface area contributed by atoms with Crippen molar-refractivity contribution in [1.29, 1.82) is 0 Å². The first-order valence-corrected chi connectivity index (χ1v) is 10.2. The fourth-order valence-electron chi connectivity index (χ4n) is 3.29. The summed E-state index contributed by atoms with van der Waals surface area (Å²) in [6.07, 6.45) is 1.11. The van der Waals surface area contributed by atoms with Crippen LogP contribution in [-0.2, 0) is 16.6 Å². The third-order valence-electron chi connectivity index (χ3n) is 5.12. The molecule has 172 valence electrons. The number of ketones is 1. The Morgan fingerprint density at radius 1 is 1.22 bits per heavy atom. The van der Waals surface area contributed by atoms with Crippen molar-refractivity contribution in [2.24, 2.45) is 10.4 Å². The van der Waals surface area contributed by atoms with E-state index in [-0.39, 0.29) is 48.8 Å². The van der Waals surface area contributed by atoms with Crippen LogP contribution in [0, 0.1) is 11.2 Å². The number of aliphatic hydroxyl groups excluding tert-OH is 1. The number of amides is 1. The molecule has 0 aliphatic heterocycles. The summed E-state index contributed by atoms with van der Waals surface area (Å²) in [6.45, 7) is 10.7. The fourth-order valence-corrected chi connectivity index (χ4v) is 3.29. The predicted octanol–water partition coefficient (Wildman–Crippen LogP) is 3.68. The minimum atomic E-state index is -0.751. The second kappa shape index (κ2) is 9.99. The second-order valence-corrected chi connectivity index (χ2v) is 9.32. The van der Waals surface area contributed by atoms with Crippen molar-refractivity contribution >= 4 is 24.1 Å². The smallest absolute Gasteiger partial charge is 0.228 e. The first kappa shape index (κ1) is 25.1. The highest BCUT2D eigenvalue weighted by Crippen LogP contribution is 2.32. The topological polar surface area (TPSA) is 112 Å². The van der Waals surface area contributed by atoms with Crippen molar-refractivity contribution in [3.8, 4) is 5.75 Å². The Labute approximate surface area is 187 Å². The van der Waals surface area contributed by atoms with Crippen LogP contribution in [0.5, 0.6) is 5.75 Å². The molecule has 0 spiro atoms. The standard InChI is InChI=1S/C24H30FN3O4/c1-23(2,3)17-11-18(25)15(8-20(17)30)9-22(32)28-16-6-7-27-19(10-16)21(31)12-24(4,14-29)13-26-5/h6-8,10-11,29-30H,5,9,12-14H2,1-4H3,(H,27,28,32). The molecule has 8 heteroatoms.